The number of ether oxygens (including phenoxy) is 4. The van der Waals surface area contributed by atoms with Gasteiger partial charge in [-0.1, -0.05) is 0 Å². The first-order chi connectivity index (χ1) is 14.2. The van der Waals surface area contributed by atoms with Crippen LogP contribution in [0.2, 0.25) is 0 Å². The molecule has 3 aliphatic heterocycles. The molecule has 0 aromatic heterocycles. The zero-order chi connectivity index (χ0) is 22.2. The van der Waals surface area contributed by atoms with Crippen LogP contribution < -0.4 is 5.32 Å². The highest BCUT2D eigenvalue weighted by Gasteiger charge is 2.51. The summed E-state index contributed by atoms with van der Waals surface area (Å²) in [4.78, 5) is 0. The molecule has 0 aromatic rings. The molecular formula is C17H31NO12. The summed E-state index contributed by atoms with van der Waals surface area (Å²) < 4.78 is 22.0. The van der Waals surface area contributed by atoms with Crippen molar-refractivity contribution >= 4 is 0 Å². The van der Waals surface area contributed by atoms with E-state index < -0.39 is 86.3 Å². The molecule has 13 atom stereocenters. The fraction of sp³-hybridized carbons (Fsp3) is 1.00. The van der Waals surface area contributed by atoms with Crippen molar-refractivity contribution in [1.82, 2.24) is 5.32 Å². The van der Waals surface area contributed by atoms with Crippen molar-refractivity contribution in [2.45, 2.75) is 86.6 Å². The van der Waals surface area contributed by atoms with E-state index in [1.54, 1.807) is 0 Å². The predicted octanol–water partition coefficient (Wildman–Crippen LogP) is -5.65. The van der Waals surface area contributed by atoms with Gasteiger partial charge in [0.2, 0.25) is 0 Å². The molecule has 0 spiro atoms. The van der Waals surface area contributed by atoms with Gasteiger partial charge in [-0.2, -0.15) is 0 Å². The maximum absolute atomic E-state index is 10.5. The number of aliphatic hydroxyl groups excluding tert-OH is 8. The summed E-state index contributed by atoms with van der Waals surface area (Å²) in [5, 5.41) is 82.3. The molecule has 3 heterocycles. The lowest BCUT2D eigenvalue weighted by atomic mass is 9.97. The van der Waals surface area contributed by atoms with Gasteiger partial charge in [-0.25, -0.2) is 0 Å². The molecule has 13 nitrogen and oxygen atoms in total. The highest BCUT2D eigenvalue weighted by Crippen LogP contribution is 2.30. The number of nitrogens with one attached hydrogen (secondary N) is 1. The van der Waals surface area contributed by atoms with Crippen LogP contribution in [0.3, 0.4) is 0 Å². The largest absolute Gasteiger partial charge is 0.395 e. The quantitative estimate of drug-likeness (QED) is 0.188. The normalized spacial score (nSPS) is 52.5. The van der Waals surface area contributed by atoms with Crippen LogP contribution in [0.4, 0.5) is 0 Å². The minimum absolute atomic E-state index is 0.180. The molecule has 0 aromatic carbocycles. The summed E-state index contributed by atoms with van der Waals surface area (Å²) in [5.74, 6) is 0. The molecule has 9 N–H and O–H groups in total. The van der Waals surface area contributed by atoms with Crippen LogP contribution in [0.15, 0.2) is 0 Å². The van der Waals surface area contributed by atoms with Gasteiger partial charge in [0, 0.05) is 6.54 Å². The molecule has 30 heavy (non-hydrogen) atoms. The summed E-state index contributed by atoms with van der Waals surface area (Å²) in [7, 11) is 0. The average Bonchev–Trinajstić information content (AvgIpc) is 3.08. The van der Waals surface area contributed by atoms with E-state index in [0.29, 0.717) is 0 Å². The van der Waals surface area contributed by atoms with Crippen LogP contribution in [-0.4, -0.2) is 140 Å². The van der Waals surface area contributed by atoms with Gasteiger partial charge in [-0.3, -0.25) is 0 Å². The Labute approximate surface area is 172 Å². The molecule has 3 rings (SSSR count). The molecular weight excluding hydrogens is 410 g/mol. The lowest BCUT2D eigenvalue weighted by Crippen LogP contribution is -2.64. The fourth-order valence-corrected chi connectivity index (χ4v) is 3.92. The van der Waals surface area contributed by atoms with E-state index in [4.69, 9.17) is 18.9 Å². The average molecular weight is 441 g/mol. The van der Waals surface area contributed by atoms with Gasteiger partial charge in [0.05, 0.1) is 31.5 Å². The Bertz CT molecular complexity index is 555. The lowest BCUT2D eigenvalue weighted by Gasteiger charge is -2.46. The van der Waals surface area contributed by atoms with Crippen molar-refractivity contribution in [3.8, 4) is 0 Å². The number of hydrogen-bond donors (Lipinski definition) is 9. The van der Waals surface area contributed by atoms with E-state index in [-0.39, 0.29) is 13.2 Å². The Morgan fingerprint density at radius 3 is 2.00 bits per heavy atom. The van der Waals surface area contributed by atoms with Crippen molar-refractivity contribution in [3.05, 3.63) is 0 Å². The van der Waals surface area contributed by atoms with Crippen molar-refractivity contribution in [3.63, 3.8) is 0 Å². The minimum atomic E-state index is -1.68. The summed E-state index contributed by atoms with van der Waals surface area (Å²) in [5.41, 5.74) is 0. The van der Waals surface area contributed by atoms with Crippen molar-refractivity contribution < 1.29 is 59.8 Å². The monoisotopic (exact) mass is 441 g/mol. The van der Waals surface area contributed by atoms with E-state index in [2.05, 4.69) is 5.32 Å². The maximum Gasteiger partial charge on any atom is 0.187 e. The molecule has 0 radical (unpaired) electrons. The number of hydrogen-bond acceptors (Lipinski definition) is 13. The Kier molecular flexibility index (Phi) is 8.01. The first kappa shape index (κ1) is 24.1. The Balaban J connectivity index is 1.65. The highest BCUT2D eigenvalue weighted by molar-refractivity contribution is 4.96. The van der Waals surface area contributed by atoms with E-state index in [1.165, 1.54) is 6.92 Å². The van der Waals surface area contributed by atoms with Gasteiger partial charge >= 0.3 is 0 Å². The molecule has 0 bridgehead atoms. The van der Waals surface area contributed by atoms with Crippen molar-refractivity contribution in [2.75, 3.05) is 19.8 Å². The molecule has 176 valence electrons. The third kappa shape index (κ3) is 4.63. The lowest BCUT2D eigenvalue weighted by molar-refractivity contribution is -0.360. The van der Waals surface area contributed by atoms with Crippen LogP contribution in [0.1, 0.15) is 6.92 Å². The van der Waals surface area contributed by atoms with Crippen LogP contribution in [0.25, 0.3) is 0 Å². The van der Waals surface area contributed by atoms with Crippen LogP contribution in [-0.2, 0) is 18.9 Å². The van der Waals surface area contributed by atoms with Gasteiger partial charge in [0.1, 0.15) is 48.8 Å². The maximum atomic E-state index is 10.5. The second kappa shape index (κ2) is 9.95. The van der Waals surface area contributed by atoms with Gasteiger partial charge in [-0.15, -0.1) is 0 Å². The highest BCUT2D eigenvalue weighted by atomic mass is 16.7. The Morgan fingerprint density at radius 2 is 1.37 bits per heavy atom. The minimum Gasteiger partial charge on any atom is -0.395 e. The smallest absolute Gasteiger partial charge is 0.187 e. The first-order valence-corrected chi connectivity index (χ1v) is 9.84. The van der Waals surface area contributed by atoms with E-state index in [1.807, 2.05) is 0 Å². The summed E-state index contributed by atoms with van der Waals surface area (Å²) in [6, 6.07) is -0.577. The SMILES string of the molecule is C[C@H]1OC(O[C@H]2[C@H](O)CN[C@@H]2CO)[C@H](O)[C@@H](O)C1OC1O[C@H](CO)[C@@H](O)[C@H](O)[C@H]1O. The predicted molar refractivity (Wildman–Crippen MR) is 94.7 cm³/mol. The molecule has 0 saturated carbocycles. The molecule has 13 heteroatoms. The summed E-state index contributed by atoms with van der Waals surface area (Å²) in [6.45, 7) is 0.727. The standard InChI is InChI=1S/C17H31NO12/c1-5-14(29-17-12(25)10(23)9(22)8(4-20)28-17)11(24)13(26)16(27-5)30-15-6(3-19)18-2-7(15)21/h5-26H,2-4H2,1H3/t5-,6-,7-,8-,9-,10+,11-,12-,13-,14?,15-,16?,17?/m1/s1. The molecule has 3 saturated heterocycles. The Hall–Kier alpha value is -0.520. The van der Waals surface area contributed by atoms with Crippen molar-refractivity contribution in [2.24, 2.45) is 0 Å². The summed E-state index contributed by atoms with van der Waals surface area (Å²) >= 11 is 0. The second-order valence-corrected chi connectivity index (χ2v) is 7.85. The number of rotatable bonds is 6. The van der Waals surface area contributed by atoms with Crippen LogP contribution in [0.5, 0.6) is 0 Å². The molecule has 3 unspecified atom stereocenters. The van der Waals surface area contributed by atoms with Crippen LogP contribution in [0, 0.1) is 0 Å². The van der Waals surface area contributed by atoms with E-state index in [9.17, 15) is 40.9 Å². The zero-order valence-electron chi connectivity index (χ0n) is 16.3. The second-order valence-electron chi connectivity index (χ2n) is 7.85. The van der Waals surface area contributed by atoms with Crippen molar-refractivity contribution in [1.29, 1.82) is 0 Å². The third-order valence-corrected chi connectivity index (χ3v) is 5.77. The zero-order valence-corrected chi connectivity index (χ0v) is 16.3. The number of β-amino-alcohol motifs (C(OH)–C–C–N with tert-alkyl or cyclic N) is 1. The number of aliphatic hydroxyl groups is 8. The van der Waals surface area contributed by atoms with Gasteiger partial charge in [0.25, 0.3) is 0 Å². The fourth-order valence-electron chi connectivity index (χ4n) is 3.92. The van der Waals surface area contributed by atoms with Crippen LogP contribution >= 0.6 is 0 Å². The van der Waals surface area contributed by atoms with Gasteiger partial charge < -0.3 is 65.1 Å². The molecule has 0 amide bonds. The molecule has 0 aliphatic carbocycles. The van der Waals surface area contributed by atoms with Gasteiger partial charge in [-0.05, 0) is 6.92 Å². The third-order valence-electron chi connectivity index (χ3n) is 5.77. The molecule has 3 aliphatic rings. The summed E-state index contributed by atoms with van der Waals surface area (Å²) in [6.07, 6.45) is -16.1. The van der Waals surface area contributed by atoms with E-state index >= 15 is 0 Å². The topological polar surface area (TPSA) is 211 Å². The van der Waals surface area contributed by atoms with E-state index in [0.717, 1.165) is 0 Å². The first-order valence-electron chi connectivity index (χ1n) is 9.84. The molecule has 3 fully saturated rings. The van der Waals surface area contributed by atoms with Gasteiger partial charge in [0.15, 0.2) is 12.6 Å². The Morgan fingerprint density at radius 1 is 0.767 bits per heavy atom.